The monoisotopic (exact) mass is 400 g/mol. The number of rotatable bonds is 5. The molecule has 3 aromatic heterocycles. The van der Waals surface area contributed by atoms with Gasteiger partial charge in [-0.2, -0.15) is 0 Å². The molecule has 0 saturated heterocycles. The summed E-state index contributed by atoms with van der Waals surface area (Å²) in [4.78, 5) is 27.9. The Morgan fingerprint density at radius 1 is 1.30 bits per heavy atom. The minimum atomic E-state index is 0.0104. The third-order valence-electron chi connectivity index (χ3n) is 4.74. The number of nitrogens with one attached hydrogen (secondary N) is 1. The van der Waals surface area contributed by atoms with Gasteiger partial charge in [-0.15, -0.1) is 11.3 Å². The first-order valence-electron chi connectivity index (χ1n) is 9.16. The largest absolute Gasteiger partial charge is 0.310 e. The Morgan fingerprint density at radius 2 is 2.19 bits per heavy atom. The van der Waals surface area contributed by atoms with Crippen molar-refractivity contribution in [3.05, 3.63) is 67.8 Å². The van der Waals surface area contributed by atoms with E-state index < -0.39 is 0 Å². The molecule has 0 aliphatic carbocycles. The molecule has 0 amide bonds. The number of fused-ring (bicyclic) bond motifs is 1. The van der Waals surface area contributed by atoms with Gasteiger partial charge in [0.2, 0.25) is 0 Å². The van der Waals surface area contributed by atoms with Crippen LogP contribution in [0.3, 0.4) is 0 Å². The van der Waals surface area contributed by atoms with Crippen molar-refractivity contribution in [2.45, 2.75) is 39.3 Å². The molecule has 0 spiro atoms. The lowest BCUT2D eigenvalue weighted by Crippen LogP contribution is -2.35. The fraction of sp³-hybridized carbons (Fsp3) is 0.350. The molecule has 3 aromatic rings. The lowest BCUT2D eigenvalue weighted by molar-refractivity contribution is 0.241. The maximum atomic E-state index is 12.4. The van der Waals surface area contributed by atoms with E-state index >= 15 is 0 Å². The van der Waals surface area contributed by atoms with Crippen LogP contribution >= 0.6 is 22.9 Å². The van der Waals surface area contributed by atoms with Crippen LogP contribution in [0.1, 0.15) is 36.0 Å². The summed E-state index contributed by atoms with van der Waals surface area (Å²) in [7, 11) is 0. The van der Waals surface area contributed by atoms with Crippen molar-refractivity contribution in [2.75, 3.05) is 6.54 Å². The van der Waals surface area contributed by atoms with Gasteiger partial charge in [-0.1, -0.05) is 24.6 Å². The van der Waals surface area contributed by atoms with Crippen LogP contribution in [0.4, 0.5) is 0 Å². The van der Waals surface area contributed by atoms with Crippen LogP contribution in [-0.4, -0.2) is 26.4 Å². The van der Waals surface area contributed by atoms with Gasteiger partial charge in [0.15, 0.2) is 0 Å². The fourth-order valence-corrected chi connectivity index (χ4v) is 4.42. The summed E-state index contributed by atoms with van der Waals surface area (Å²) in [6.07, 6.45) is 4.52. The van der Waals surface area contributed by atoms with Gasteiger partial charge in [0.05, 0.1) is 26.2 Å². The average molecular weight is 401 g/mol. The number of hydrogen-bond acceptors (Lipinski definition) is 5. The highest BCUT2D eigenvalue weighted by Crippen LogP contribution is 2.29. The van der Waals surface area contributed by atoms with Crippen LogP contribution < -0.4 is 5.56 Å². The summed E-state index contributed by atoms with van der Waals surface area (Å²) in [6.45, 7) is 4.39. The first kappa shape index (κ1) is 18.3. The number of aryl methyl sites for hydroxylation is 1. The van der Waals surface area contributed by atoms with Crippen molar-refractivity contribution >= 4 is 22.9 Å². The first-order chi connectivity index (χ1) is 13.1. The Morgan fingerprint density at radius 3 is 2.89 bits per heavy atom. The summed E-state index contributed by atoms with van der Waals surface area (Å²) in [6, 6.07) is 8.00. The molecular formula is C20H21ClN4OS. The van der Waals surface area contributed by atoms with Gasteiger partial charge in [0, 0.05) is 38.7 Å². The van der Waals surface area contributed by atoms with Gasteiger partial charge < -0.3 is 4.98 Å². The average Bonchev–Trinajstić information content (AvgIpc) is 3.10. The quantitative estimate of drug-likeness (QED) is 0.701. The van der Waals surface area contributed by atoms with Crippen LogP contribution in [0.2, 0.25) is 4.34 Å². The second kappa shape index (κ2) is 7.92. The standard InChI is InChI=1S/C20H21ClN4OS/c1-2-3-19-23-15-8-9-25(12-14(15)20(26)24-19)11-13-4-5-16(22-10-13)17-6-7-18(21)27-17/h4-7,10H,2-3,8-9,11-12H2,1H3,(H,23,24,26). The van der Waals surface area contributed by atoms with Gasteiger partial charge in [0.25, 0.3) is 5.56 Å². The minimum absolute atomic E-state index is 0.0104. The smallest absolute Gasteiger partial charge is 0.255 e. The molecule has 1 N–H and O–H groups in total. The first-order valence-corrected chi connectivity index (χ1v) is 10.4. The predicted molar refractivity (Wildman–Crippen MR) is 109 cm³/mol. The van der Waals surface area contributed by atoms with E-state index in [0.717, 1.165) is 69.9 Å². The molecule has 0 unspecified atom stereocenters. The number of hydrogen-bond donors (Lipinski definition) is 1. The number of aromatic nitrogens is 3. The van der Waals surface area contributed by atoms with Crippen LogP contribution in [0.25, 0.3) is 10.6 Å². The van der Waals surface area contributed by atoms with Crippen molar-refractivity contribution in [1.29, 1.82) is 0 Å². The van der Waals surface area contributed by atoms with Gasteiger partial charge >= 0.3 is 0 Å². The minimum Gasteiger partial charge on any atom is -0.310 e. The van der Waals surface area contributed by atoms with Gasteiger partial charge in [-0.25, -0.2) is 4.98 Å². The summed E-state index contributed by atoms with van der Waals surface area (Å²) in [5.74, 6) is 0.808. The van der Waals surface area contributed by atoms with E-state index in [4.69, 9.17) is 11.6 Å². The molecule has 5 nitrogen and oxygen atoms in total. The number of pyridine rings is 1. The van der Waals surface area contributed by atoms with Crippen molar-refractivity contribution in [1.82, 2.24) is 19.9 Å². The highest BCUT2D eigenvalue weighted by Gasteiger charge is 2.21. The topological polar surface area (TPSA) is 61.9 Å². The molecule has 4 rings (SSSR count). The molecule has 1 aliphatic rings. The second-order valence-electron chi connectivity index (χ2n) is 6.80. The number of aromatic amines is 1. The fourth-order valence-electron chi connectivity index (χ4n) is 3.40. The van der Waals surface area contributed by atoms with E-state index in [2.05, 4.69) is 32.8 Å². The Bertz CT molecular complexity index is 996. The Labute approximate surface area is 167 Å². The SMILES string of the molecule is CCCc1nc2c(c(=O)[nH]1)CN(Cc1ccc(-c3ccc(Cl)s3)nc1)CC2. The third kappa shape index (κ3) is 4.13. The Balaban J connectivity index is 1.46. The molecule has 140 valence electrons. The zero-order valence-corrected chi connectivity index (χ0v) is 16.7. The van der Waals surface area contributed by atoms with E-state index in [0.29, 0.717) is 6.54 Å². The Hall–Kier alpha value is -2.02. The molecule has 0 saturated carbocycles. The van der Waals surface area contributed by atoms with E-state index in [1.807, 2.05) is 24.4 Å². The van der Waals surface area contributed by atoms with Crippen LogP contribution in [0, 0.1) is 0 Å². The molecule has 0 radical (unpaired) electrons. The lowest BCUT2D eigenvalue weighted by atomic mass is 10.1. The lowest BCUT2D eigenvalue weighted by Gasteiger charge is -2.27. The maximum Gasteiger partial charge on any atom is 0.255 e. The van der Waals surface area contributed by atoms with Gasteiger partial charge in [-0.3, -0.25) is 14.7 Å². The molecule has 4 heterocycles. The van der Waals surface area contributed by atoms with E-state index in [1.165, 1.54) is 11.3 Å². The van der Waals surface area contributed by atoms with Crippen molar-refractivity contribution < 1.29 is 0 Å². The molecule has 0 atom stereocenters. The van der Waals surface area contributed by atoms with Crippen LogP contribution in [-0.2, 0) is 25.9 Å². The molecule has 1 aliphatic heterocycles. The van der Waals surface area contributed by atoms with Crippen LogP contribution in [0.5, 0.6) is 0 Å². The highest BCUT2D eigenvalue weighted by atomic mass is 35.5. The number of thiophene rings is 1. The predicted octanol–water partition coefficient (Wildman–Crippen LogP) is 4.06. The number of nitrogens with zero attached hydrogens (tertiary/aromatic N) is 3. The van der Waals surface area contributed by atoms with Crippen molar-refractivity contribution in [2.24, 2.45) is 0 Å². The highest BCUT2D eigenvalue weighted by molar-refractivity contribution is 7.19. The molecule has 0 fully saturated rings. The van der Waals surface area contributed by atoms with Crippen molar-refractivity contribution in [3.8, 4) is 10.6 Å². The second-order valence-corrected chi connectivity index (χ2v) is 8.52. The van der Waals surface area contributed by atoms with E-state index in [-0.39, 0.29) is 5.56 Å². The molecule has 0 bridgehead atoms. The van der Waals surface area contributed by atoms with E-state index in [9.17, 15) is 4.79 Å². The van der Waals surface area contributed by atoms with E-state index in [1.54, 1.807) is 0 Å². The van der Waals surface area contributed by atoms with Gasteiger partial charge in [-0.05, 0) is 30.2 Å². The Kier molecular flexibility index (Phi) is 5.38. The third-order valence-corrected chi connectivity index (χ3v) is 5.99. The summed E-state index contributed by atoms with van der Waals surface area (Å²) >= 11 is 7.53. The number of H-pyrrole nitrogens is 1. The molecule has 27 heavy (non-hydrogen) atoms. The summed E-state index contributed by atoms with van der Waals surface area (Å²) < 4.78 is 0.767. The normalized spacial score (nSPS) is 14.3. The van der Waals surface area contributed by atoms with Crippen molar-refractivity contribution in [3.63, 3.8) is 0 Å². The zero-order chi connectivity index (χ0) is 18.8. The molecule has 7 heteroatoms. The summed E-state index contributed by atoms with van der Waals surface area (Å²) in [5.41, 5.74) is 3.84. The van der Waals surface area contributed by atoms with Crippen LogP contribution in [0.15, 0.2) is 35.3 Å². The molecular weight excluding hydrogens is 380 g/mol. The van der Waals surface area contributed by atoms with Gasteiger partial charge in [0.1, 0.15) is 5.82 Å². The maximum absolute atomic E-state index is 12.4. The number of halogens is 1. The zero-order valence-electron chi connectivity index (χ0n) is 15.2. The summed E-state index contributed by atoms with van der Waals surface area (Å²) in [5, 5.41) is 0. The molecule has 0 aromatic carbocycles.